The summed E-state index contributed by atoms with van der Waals surface area (Å²) >= 11 is 7.67. The number of halogens is 2. The Hall–Kier alpha value is -1.49. The predicted octanol–water partition coefficient (Wildman–Crippen LogP) is 3.71. The molecule has 9 heteroatoms. The van der Waals surface area contributed by atoms with E-state index in [1.165, 1.54) is 4.90 Å². The van der Waals surface area contributed by atoms with Crippen molar-refractivity contribution in [2.45, 2.75) is 11.4 Å². The van der Waals surface area contributed by atoms with Crippen LogP contribution in [0.3, 0.4) is 0 Å². The maximum Gasteiger partial charge on any atom is 0.251 e. The van der Waals surface area contributed by atoms with Crippen LogP contribution in [-0.4, -0.2) is 63.3 Å². The molecule has 0 unspecified atom stereocenters. The highest BCUT2D eigenvalue weighted by Gasteiger charge is 2.06. The van der Waals surface area contributed by atoms with Crippen LogP contribution in [0.15, 0.2) is 58.4 Å². The van der Waals surface area contributed by atoms with Crippen LogP contribution in [0.5, 0.6) is 0 Å². The van der Waals surface area contributed by atoms with Crippen LogP contribution in [0.2, 0.25) is 5.02 Å². The summed E-state index contributed by atoms with van der Waals surface area (Å²) in [5.41, 5.74) is 1.68. The molecule has 2 aromatic carbocycles. The first-order valence-electron chi connectivity index (χ1n) is 9.82. The van der Waals surface area contributed by atoms with E-state index >= 15 is 0 Å². The zero-order valence-corrected chi connectivity index (χ0v) is 22.1. The molecule has 1 amide bonds. The number of rotatable bonds is 10. The normalized spacial score (nSPS) is 11.1. The Kier molecular flexibility index (Phi) is 13.6. The smallest absolute Gasteiger partial charge is 0.251 e. The summed E-state index contributed by atoms with van der Waals surface area (Å²) in [6, 6.07) is 15.5. The number of thioether (sulfide) groups is 1. The van der Waals surface area contributed by atoms with Crippen LogP contribution in [0.25, 0.3) is 0 Å². The number of hydrogen-bond donors (Lipinski definition) is 3. The number of carbonyl (C=O) groups is 1. The Morgan fingerprint density at radius 3 is 2.48 bits per heavy atom. The third kappa shape index (κ3) is 11.1. The minimum absolute atomic E-state index is 0. The highest BCUT2D eigenvalue weighted by atomic mass is 127. The van der Waals surface area contributed by atoms with Crippen LogP contribution < -0.4 is 16.0 Å². The summed E-state index contributed by atoms with van der Waals surface area (Å²) in [6.45, 7) is 2.80. The monoisotopic (exact) mass is 575 g/mol. The van der Waals surface area contributed by atoms with Crippen LogP contribution in [0, 0.1) is 0 Å². The van der Waals surface area contributed by atoms with Crippen molar-refractivity contribution in [2.75, 3.05) is 46.5 Å². The van der Waals surface area contributed by atoms with Gasteiger partial charge in [-0.1, -0.05) is 23.7 Å². The SMILES string of the molecule is CN=C(NCCSc1ccc(Cl)cc1)NCc1cccc(C(=O)NCCN(C)C)c1.I. The van der Waals surface area contributed by atoms with Gasteiger partial charge in [0.25, 0.3) is 5.91 Å². The molecule has 31 heavy (non-hydrogen) atoms. The second-order valence-corrected chi connectivity index (χ2v) is 8.52. The molecule has 0 fully saturated rings. The number of nitrogens with zero attached hydrogens (tertiary/aromatic N) is 2. The Bertz CT molecular complexity index is 833. The zero-order chi connectivity index (χ0) is 21.8. The fraction of sp³-hybridized carbons (Fsp3) is 0.364. The molecule has 170 valence electrons. The molecule has 0 bridgehead atoms. The Morgan fingerprint density at radius 1 is 1.06 bits per heavy atom. The number of amides is 1. The molecule has 0 aromatic heterocycles. The summed E-state index contributed by atoms with van der Waals surface area (Å²) in [6.07, 6.45) is 0. The summed E-state index contributed by atoms with van der Waals surface area (Å²) in [5, 5.41) is 10.3. The predicted molar refractivity (Wildman–Crippen MR) is 143 cm³/mol. The van der Waals surface area contributed by atoms with Crippen molar-refractivity contribution in [3.8, 4) is 0 Å². The molecule has 2 rings (SSSR count). The van der Waals surface area contributed by atoms with Gasteiger partial charge in [0.05, 0.1) is 0 Å². The van der Waals surface area contributed by atoms with Crippen molar-refractivity contribution in [1.29, 1.82) is 0 Å². The molecule has 0 saturated heterocycles. The van der Waals surface area contributed by atoms with Gasteiger partial charge in [-0.2, -0.15) is 0 Å². The lowest BCUT2D eigenvalue weighted by Crippen LogP contribution is -2.38. The third-order valence-electron chi connectivity index (χ3n) is 4.19. The first kappa shape index (κ1) is 27.5. The summed E-state index contributed by atoms with van der Waals surface area (Å²) in [4.78, 5) is 19.8. The van der Waals surface area contributed by atoms with E-state index in [1.54, 1.807) is 18.8 Å². The van der Waals surface area contributed by atoms with Gasteiger partial charge in [-0.15, -0.1) is 35.7 Å². The number of aliphatic imine (C=N–C) groups is 1. The van der Waals surface area contributed by atoms with Crippen molar-refractivity contribution >= 4 is 59.2 Å². The number of nitrogens with one attached hydrogen (secondary N) is 3. The lowest BCUT2D eigenvalue weighted by atomic mass is 10.1. The van der Waals surface area contributed by atoms with Gasteiger partial charge < -0.3 is 20.9 Å². The van der Waals surface area contributed by atoms with E-state index in [-0.39, 0.29) is 29.9 Å². The molecule has 0 aliphatic heterocycles. The maximum absolute atomic E-state index is 12.3. The fourth-order valence-corrected chi connectivity index (χ4v) is 3.49. The largest absolute Gasteiger partial charge is 0.356 e. The van der Waals surface area contributed by atoms with Gasteiger partial charge >= 0.3 is 0 Å². The molecular formula is C22H31ClIN5OS. The van der Waals surface area contributed by atoms with Gasteiger partial charge in [-0.3, -0.25) is 9.79 Å². The quantitative estimate of drug-likeness (QED) is 0.133. The molecule has 0 saturated carbocycles. The lowest BCUT2D eigenvalue weighted by Gasteiger charge is -2.13. The molecule has 0 atom stereocenters. The van der Waals surface area contributed by atoms with Gasteiger partial charge in [0.2, 0.25) is 0 Å². The number of guanidine groups is 1. The van der Waals surface area contributed by atoms with E-state index in [1.807, 2.05) is 67.5 Å². The molecule has 0 aliphatic carbocycles. The molecule has 2 aromatic rings. The number of likely N-dealkylation sites (N-methyl/N-ethyl adjacent to an activating group) is 1. The summed E-state index contributed by atoms with van der Waals surface area (Å²) in [7, 11) is 5.71. The number of hydrogen-bond acceptors (Lipinski definition) is 4. The highest BCUT2D eigenvalue weighted by Crippen LogP contribution is 2.19. The minimum atomic E-state index is -0.0552. The van der Waals surface area contributed by atoms with Gasteiger partial charge in [0.1, 0.15) is 0 Å². The van der Waals surface area contributed by atoms with Crippen LogP contribution in [-0.2, 0) is 6.54 Å². The van der Waals surface area contributed by atoms with Crippen molar-refractivity contribution in [2.24, 2.45) is 4.99 Å². The molecule has 0 spiro atoms. The van der Waals surface area contributed by atoms with E-state index in [2.05, 4.69) is 20.9 Å². The van der Waals surface area contributed by atoms with Crippen LogP contribution in [0.1, 0.15) is 15.9 Å². The second-order valence-electron chi connectivity index (χ2n) is 6.91. The maximum atomic E-state index is 12.3. The molecule has 0 aliphatic rings. The van der Waals surface area contributed by atoms with E-state index < -0.39 is 0 Å². The lowest BCUT2D eigenvalue weighted by molar-refractivity contribution is 0.0951. The Labute approximate surface area is 211 Å². The zero-order valence-electron chi connectivity index (χ0n) is 18.2. The number of benzene rings is 2. The average molecular weight is 576 g/mol. The topological polar surface area (TPSA) is 68.8 Å². The molecule has 0 radical (unpaired) electrons. The average Bonchev–Trinajstić information content (AvgIpc) is 2.74. The van der Waals surface area contributed by atoms with Crippen LogP contribution in [0.4, 0.5) is 0 Å². The minimum Gasteiger partial charge on any atom is -0.356 e. The first-order valence-corrected chi connectivity index (χ1v) is 11.2. The van der Waals surface area contributed by atoms with Crippen LogP contribution >= 0.6 is 47.3 Å². The molecular weight excluding hydrogens is 545 g/mol. The summed E-state index contributed by atoms with van der Waals surface area (Å²) in [5.74, 6) is 1.58. The molecule has 3 N–H and O–H groups in total. The van der Waals surface area contributed by atoms with Gasteiger partial charge in [0, 0.05) is 54.5 Å². The summed E-state index contributed by atoms with van der Waals surface area (Å²) < 4.78 is 0. The molecule has 6 nitrogen and oxygen atoms in total. The standard InChI is InChI=1S/C22H30ClN5OS.HI/c1-24-22(26-12-14-30-20-9-7-19(23)8-10-20)27-16-17-5-4-6-18(15-17)21(29)25-11-13-28(2)3;/h4-10,15H,11-14,16H2,1-3H3,(H,25,29)(H2,24,26,27);1H. The van der Waals surface area contributed by atoms with E-state index in [9.17, 15) is 4.79 Å². The number of carbonyl (C=O) groups excluding carboxylic acids is 1. The second kappa shape index (κ2) is 15.3. The van der Waals surface area contributed by atoms with E-state index in [4.69, 9.17) is 11.6 Å². The van der Waals surface area contributed by atoms with E-state index in [0.717, 1.165) is 35.4 Å². The van der Waals surface area contributed by atoms with Gasteiger partial charge in [-0.25, -0.2) is 0 Å². The third-order valence-corrected chi connectivity index (χ3v) is 5.46. The van der Waals surface area contributed by atoms with Crippen molar-refractivity contribution in [3.63, 3.8) is 0 Å². The Balaban J connectivity index is 0.00000480. The fourth-order valence-electron chi connectivity index (χ4n) is 2.59. The Morgan fingerprint density at radius 2 is 1.81 bits per heavy atom. The highest BCUT2D eigenvalue weighted by molar-refractivity contribution is 14.0. The van der Waals surface area contributed by atoms with Crippen molar-refractivity contribution in [1.82, 2.24) is 20.9 Å². The van der Waals surface area contributed by atoms with Gasteiger partial charge in [-0.05, 0) is 56.1 Å². The first-order chi connectivity index (χ1) is 14.5. The van der Waals surface area contributed by atoms with Crippen molar-refractivity contribution < 1.29 is 4.79 Å². The van der Waals surface area contributed by atoms with Gasteiger partial charge in [0.15, 0.2) is 5.96 Å². The van der Waals surface area contributed by atoms with Crippen molar-refractivity contribution in [3.05, 3.63) is 64.7 Å². The van der Waals surface area contributed by atoms with E-state index in [0.29, 0.717) is 18.7 Å². The molecule has 0 heterocycles.